The number of benzene rings is 1. The molecular weight excluding hydrogens is 351 g/mol. The van der Waals surface area contributed by atoms with Gasteiger partial charge in [-0.05, 0) is 25.0 Å². The smallest absolute Gasteiger partial charge is 0.225 e. The highest BCUT2D eigenvalue weighted by Crippen LogP contribution is 2.36. The Morgan fingerprint density at radius 1 is 1.15 bits per heavy atom. The molecule has 1 fully saturated rings. The third-order valence-corrected chi connectivity index (χ3v) is 5.65. The third kappa shape index (κ3) is 3.39. The second kappa shape index (κ2) is 7.37. The predicted octanol–water partition coefficient (Wildman–Crippen LogP) is 4.13. The Morgan fingerprint density at radius 2 is 1.88 bits per heavy atom. The molecule has 2 aromatic heterocycles. The Balaban J connectivity index is 1.45. The molecule has 3 heterocycles. The van der Waals surface area contributed by atoms with E-state index in [0.717, 1.165) is 47.9 Å². The maximum Gasteiger partial charge on any atom is 0.225 e. The lowest BCUT2D eigenvalue weighted by molar-refractivity contribution is 0.416. The molecule has 0 amide bonds. The van der Waals surface area contributed by atoms with E-state index in [9.17, 15) is 4.39 Å². The summed E-state index contributed by atoms with van der Waals surface area (Å²) in [5.74, 6) is 1.46. The summed E-state index contributed by atoms with van der Waals surface area (Å²) in [4.78, 5) is 15.1. The summed E-state index contributed by atoms with van der Waals surface area (Å²) >= 11 is 1.70. The van der Waals surface area contributed by atoms with Crippen molar-refractivity contribution in [1.29, 1.82) is 0 Å². The van der Waals surface area contributed by atoms with Crippen molar-refractivity contribution in [3.8, 4) is 17.0 Å². The van der Waals surface area contributed by atoms with Gasteiger partial charge in [0.1, 0.15) is 5.75 Å². The van der Waals surface area contributed by atoms with Crippen molar-refractivity contribution < 1.29 is 9.13 Å². The minimum atomic E-state index is -0.407. The van der Waals surface area contributed by atoms with Crippen molar-refractivity contribution >= 4 is 17.3 Å². The quantitative estimate of drug-likeness (QED) is 0.691. The summed E-state index contributed by atoms with van der Waals surface area (Å²) in [6, 6.07) is 7.95. The zero-order valence-electron chi connectivity index (χ0n) is 14.4. The van der Waals surface area contributed by atoms with Gasteiger partial charge < -0.3 is 9.64 Å². The highest BCUT2D eigenvalue weighted by molar-refractivity contribution is 7.10. The number of anilines is 1. The van der Waals surface area contributed by atoms with Crippen LogP contribution in [0.2, 0.25) is 0 Å². The number of nitrogens with zero attached hydrogens (tertiary/aromatic N) is 4. The van der Waals surface area contributed by atoms with Crippen LogP contribution in [0, 0.1) is 5.82 Å². The molecule has 134 valence electrons. The van der Waals surface area contributed by atoms with E-state index in [-0.39, 0.29) is 0 Å². The normalized spacial score (nSPS) is 15.2. The van der Waals surface area contributed by atoms with Crippen molar-refractivity contribution in [3.63, 3.8) is 0 Å². The topological polar surface area (TPSA) is 51.1 Å². The number of hydrogen-bond acceptors (Lipinski definition) is 6. The van der Waals surface area contributed by atoms with Gasteiger partial charge in [-0.2, -0.15) is 0 Å². The molecule has 1 aliphatic heterocycles. The summed E-state index contributed by atoms with van der Waals surface area (Å²) in [6.07, 6.45) is 4.41. The molecular formula is C19H19FN4OS. The van der Waals surface area contributed by atoms with E-state index >= 15 is 0 Å². The zero-order valence-corrected chi connectivity index (χ0v) is 15.2. The maximum atomic E-state index is 13.0. The van der Waals surface area contributed by atoms with Crippen molar-refractivity contribution in [1.82, 2.24) is 15.0 Å². The van der Waals surface area contributed by atoms with Crippen LogP contribution in [0.3, 0.4) is 0 Å². The Morgan fingerprint density at radius 3 is 2.62 bits per heavy atom. The fourth-order valence-electron chi connectivity index (χ4n) is 3.25. The first-order valence-corrected chi connectivity index (χ1v) is 9.44. The molecule has 0 N–H and O–H groups in total. The number of thiazole rings is 1. The molecule has 1 aliphatic rings. The van der Waals surface area contributed by atoms with Crippen LogP contribution in [0.15, 0.2) is 42.0 Å². The lowest BCUT2D eigenvalue weighted by Crippen LogP contribution is -2.34. The molecule has 26 heavy (non-hydrogen) atoms. The predicted molar refractivity (Wildman–Crippen MR) is 100 cm³/mol. The van der Waals surface area contributed by atoms with Gasteiger partial charge >= 0.3 is 0 Å². The van der Waals surface area contributed by atoms with Crippen LogP contribution in [0.25, 0.3) is 11.3 Å². The SMILES string of the molecule is COc1ccccc1-c1csc(C2CCN(c3ncc(F)cn3)CC2)n1. The number of rotatable bonds is 4. The van der Waals surface area contributed by atoms with E-state index in [4.69, 9.17) is 9.72 Å². The molecule has 0 unspecified atom stereocenters. The highest BCUT2D eigenvalue weighted by Gasteiger charge is 2.24. The monoisotopic (exact) mass is 370 g/mol. The first-order valence-electron chi connectivity index (χ1n) is 8.56. The molecule has 4 rings (SSSR count). The van der Waals surface area contributed by atoms with E-state index < -0.39 is 5.82 Å². The number of methoxy groups -OCH3 is 1. The minimum Gasteiger partial charge on any atom is -0.496 e. The Kier molecular flexibility index (Phi) is 4.79. The van der Waals surface area contributed by atoms with Crippen molar-refractivity contribution in [2.75, 3.05) is 25.1 Å². The average Bonchev–Trinajstić information content (AvgIpc) is 3.19. The Hall–Kier alpha value is -2.54. The van der Waals surface area contributed by atoms with Gasteiger partial charge in [0.25, 0.3) is 0 Å². The van der Waals surface area contributed by atoms with Gasteiger partial charge in [-0.1, -0.05) is 12.1 Å². The van der Waals surface area contributed by atoms with Gasteiger partial charge in [-0.15, -0.1) is 11.3 Å². The van der Waals surface area contributed by atoms with Gasteiger partial charge in [0, 0.05) is 30.0 Å². The fraction of sp³-hybridized carbons (Fsp3) is 0.316. The lowest BCUT2D eigenvalue weighted by atomic mass is 9.98. The summed E-state index contributed by atoms with van der Waals surface area (Å²) in [5.41, 5.74) is 1.99. The number of ether oxygens (including phenoxy) is 1. The molecule has 0 atom stereocenters. The first-order chi connectivity index (χ1) is 12.7. The van der Waals surface area contributed by atoms with E-state index in [1.54, 1.807) is 18.4 Å². The van der Waals surface area contributed by atoms with Crippen LogP contribution in [-0.4, -0.2) is 35.2 Å². The largest absolute Gasteiger partial charge is 0.496 e. The second-order valence-electron chi connectivity index (χ2n) is 6.23. The van der Waals surface area contributed by atoms with Crippen LogP contribution in [0.5, 0.6) is 5.75 Å². The number of piperidine rings is 1. The van der Waals surface area contributed by atoms with Crippen LogP contribution in [0.4, 0.5) is 10.3 Å². The standard InChI is InChI=1S/C19H19FN4OS/c1-25-17-5-3-2-4-15(17)16-12-26-18(23-16)13-6-8-24(9-7-13)19-21-10-14(20)11-22-19/h2-5,10-13H,6-9H2,1H3. The summed E-state index contributed by atoms with van der Waals surface area (Å²) in [6.45, 7) is 1.69. The van der Waals surface area contributed by atoms with E-state index in [1.165, 1.54) is 12.4 Å². The van der Waals surface area contributed by atoms with Gasteiger partial charge in [0.15, 0.2) is 5.82 Å². The van der Waals surface area contributed by atoms with Crippen LogP contribution in [-0.2, 0) is 0 Å². The van der Waals surface area contributed by atoms with Crippen molar-refractivity contribution in [2.45, 2.75) is 18.8 Å². The molecule has 0 saturated carbocycles. The van der Waals surface area contributed by atoms with E-state index in [1.807, 2.05) is 24.3 Å². The van der Waals surface area contributed by atoms with Crippen LogP contribution in [0.1, 0.15) is 23.8 Å². The molecule has 0 bridgehead atoms. The van der Waals surface area contributed by atoms with Crippen molar-refractivity contribution in [2.24, 2.45) is 0 Å². The number of halogens is 1. The molecule has 0 spiro atoms. The van der Waals surface area contributed by atoms with Gasteiger partial charge in [-0.25, -0.2) is 19.3 Å². The molecule has 5 nitrogen and oxygen atoms in total. The van der Waals surface area contributed by atoms with Gasteiger partial charge in [0.2, 0.25) is 5.95 Å². The summed E-state index contributed by atoms with van der Waals surface area (Å²) in [7, 11) is 1.68. The molecule has 0 radical (unpaired) electrons. The zero-order chi connectivity index (χ0) is 17.9. The second-order valence-corrected chi connectivity index (χ2v) is 7.12. The van der Waals surface area contributed by atoms with Crippen LogP contribution >= 0.6 is 11.3 Å². The lowest BCUT2D eigenvalue weighted by Gasteiger charge is -2.30. The molecule has 7 heteroatoms. The minimum absolute atomic E-state index is 0.407. The third-order valence-electron chi connectivity index (χ3n) is 4.64. The summed E-state index contributed by atoms with van der Waals surface area (Å²) < 4.78 is 18.4. The molecule has 1 saturated heterocycles. The van der Waals surface area contributed by atoms with E-state index in [2.05, 4.69) is 20.2 Å². The molecule has 1 aromatic carbocycles. The van der Waals surface area contributed by atoms with Gasteiger partial charge in [0.05, 0.1) is 30.2 Å². The molecule has 3 aromatic rings. The highest BCUT2D eigenvalue weighted by atomic mass is 32.1. The van der Waals surface area contributed by atoms with Gasteiger partial charge in [-0.3, -0.25) is 0 Å². The number of aromatic nitrogens is 3. The fourth-order valence-corrected chi connectivity index (χ4v) is 4.24. The van der Waals surface area contributed by atoms with E-state index in [0.29, 0.717) is 11.9 Å². The Bertz CT molecular complexity index is 875. The van der Waals surface area contributed by atoms with Crippen molar-refractivity contribution in [3.05, 3.63) is 52.9 Å². The summed E-state index contributed by atoms with van der Waals surface area (Å²) in [5, 5.41) is 3.26. The maximum absolute atomic E-state index is 13.0. The average molecular weight is 370 g/mol. The van der Waals surface area contributed by atoms with Crippen LogP contribution < -0.4 is 9.64 Å². The number of para-hydroxylation sites is 1. The molecule has 0 aliphatic carbocycles. The first kappa shape index (κ1) is 16.9. The Labute approximate surface area is 155 Å². The number of hydrogen-bond donors (Lipinski definition) is 0.